The summed E-state index contributed by atoms with van der Waals surface area (Å²) in [5, 5.41) is 7.07. The van der Waals surface area contributed by atoms with Gasteiger partial charge in [0.1, 0.15) is 0 Å². The van der Waals surface area contributed by atoms with Gasteiger partial charge in [0.05, 0.1) is 23.8 Å². The summed E-state index contributed by atoms with van der Waals surface area (Å²) in [5.74, 6) is 2.02. The zero-order valence-corrected chi connectivity index (χ0v) is 15.5. The Morgan fingerprint density at radius 2 is 2.04 bits per heavy atom. The molecule has 24 heavy (non-hydrogen) atoms. The van der Waals surface area contributed by atoms with Gasteiger partial charge in [-0.05, 0) is 31.5 Å². The van der Waals surface area contributed by atoms with Crippen molar-refractivity contribution >= 4 is 17.6 Å². The fourth-order valence-corrected chi connectivity index (χ4v) is 2.45. The molecule has 0 atom stereocenters. The average molecular weight is 356 g/mol. The molecule has 6 nitrogen and oxygen atoms in total. The Morgan fingerprint density at radius 1 is 1.29 bits per heavy atom. The van der Waals surface area contributed by atoms with E-state index in [4.69, 9.17) is 25.8 Å². The highest BCUT2D eigenvalue weighted by molar-refractivity contribution is 6.32. The number of nitrogens with zero attached hydrogens (tertiary/aromatic N) is 1. The molecule has 1 heterocycles. The summed E-state index contributed by atoms with van der Waals surface area (Å²) in [5.41, 5.74) is 0.731. The zero-order chi connectivity index (χ0) is 17.6. The first-order chi connectivity index (χ1) is 11.4. The Kier molecular flexibility index (Phi) is 6.57. The summed E-state index contributed by atoms with van der Waals surface area (Å²) < 4.78 is 16.7. The smallest absolute Gasteiger partial charge is 0.191 e. The highest BCUT2D eigenvalue weighted by Gasteiger charge is 2.17. The number of methoxy groups -OCH3 is 1. The second-order valence-corrected chi connectivity index (χ2v) is 6.61. The van der Waals surface area contributed by atoms with Gasteiger partial charge in [0.15, 0.2) is 17.5 Å². The second kappa shape index (κ2) is 8.44. The van der Waals surface area contributed by atoms with Crippen LogP contribution in [0.2, 0.25) is 5.02 Å². The minimum absolute atomic E-state index is 0.268. The van der Waals surface area contributed by atoms with Crippen LogP contribution in [0.5, 0.6) is 11.5 Å². The first-order valence-electron chi connectivity index (χ1n) is 8.03. The van der Waals surface area contributed by atoms with Crippen LogP contribution in [0, 0.1) is 0 Å². The molecule has 0 bridgehead atoms. The molecule has 0 radical (unpaired) electrons. The van der Waals surface area contributed by atoms with E-state index in [2.05, 4.69) is 15.6 Å². The van der Waals surface area contributed by atoms with Crippen LogP contribution in [0.4, 0.5) is 0 Å². The van der Waals surface area contributed by atoms with Gasteiger partial charge in [0.2, 0.25) is 0 Å². The molecule has 1 aromatic rings. The number of aliphatic imine (C=N–C) groups is 1. The molecule has 1 aliphatic heterocycles. The molecule has 0 saturated heterocycles. The van der Waals surface area contributed by atoms with Crippen LogP contribution in [-0.2, 0) is 11.3 Å². The maximum atomic E-state index is 6.31. The van der Waals surface area contributed by atoms with Gasteiger partial charge in [0, 0.05) is 33.7 Å². The largest absolute Gasteiger partial charge is 0.489 e. The zero-order valence-electron chi connectivity index (χ0n) is 14.7. The lowest BCUT2D eigenvalue weighted by atomic mass is 10.1. The van der Waals surface area contributed by atoms with Crippen LogP contribution < -0.4 is 20.1 Å². The normalized spacial score (nSPS) is 15.0. The first-order valence-corrected chi connectivity index (χ1v) is 8.40. The number of benzene rings is 1. The van der Waals surface area contributed by atoms with Gasteiger partial charge in [-0.2, -0.15) is 0 Å². The summed E-state index contributed by atoms with van der Waals surface area (Å²) in [4.78, 5) is 4.22. The van der Waals surface area contributed by atoms with E-state index in [9.17, 15) is 0 Å². The molecular weight excluding hydrogens is 330 g/mol. The number of fused-ring (bicyclic) bond motifs is 1. The summed E-state index contributed by atoms with van der Waals surface area (Å²) >= 11 is 6.31. The molecular formula is C17H26ClN3O3. The van der Waals surface area contributed by atoms with Crippen molar-refractivity contribution in [3.05, 3.63) is 22.7 Å². The highest BCUT2D eigenvalue weighted by Crippen LogP contribution is 2.37. The third-order valence-electron chi connectivity index (χ3n) is 3.78. The Bertz CT molecular complexity index is 591. The molecule has 0 fully saturated rings. The molecule has 0 saturated carbocycles. The Balaban J connectivity index is 1.98. The van der Waals surface area contributed by atoms with Crippen molar-refractivity contribution in [1.82, 2.24) is 10.6 Å². The van der Waals surface area contributed by atoms with Gasteiger partial charge < -0.3 is 24.8 Å². The first kappa shape index (κ1) is 18.7. The molecule has 1 aromatic carbocycles. The fourth-order valence-electron chi connectivity index (χ4n) is 2.16. The number of halogens is 1. The van der Waals surface area contributed by atoms with Crippen LogP contribution in [0.3, 0.4) is 0 Å². The van der Waals surface area contributed by atoms with Gasteiger partial charge in [-0.1, -0.05) is 11.6 Å². The van der Waals surface area contributed by atoms with Gasteiger partial charge in [-0.3, -0.25) is 4.99 Å². The number of ether oxygens (including phenoxy) is 3. The van der Waals surface area contributed by atoms with Crippen LogP contribution in [0.25, 0.3) is 0 Å². The SMILES string of the molecule is CN=C(NCc1cc(Cl)c2c(c1)OCCCO2)NCC(C)(C)OC. The molecule has 2 N–H and O–H groups in total. The summed E-state index contributed by atoms with van der Waals surface area (Å²) in [6.45, 7) is 6.49. The van der Waals surface area contributed by atoms with E-state index < -0.39 is 0 Å². The van der Waals surface area contributed by atoms with Gasteiger partial charge in [0.25, 0.3) is 0 Å². The molecule has 1 aliphatic rings. The third kappa shape index (κ3) is 5.18. The van der Waals surface area contributed by atoms with Crippen molar-refractivity contribution in [3.63, 3.8) is 0 Å². The molecule has 2 rings (SSSR count). The van der Waals surface area contributed by atoms with E-state index >= 15 is 0 Å². The number of guanidine groups is 1. The Morgan fingerprint density at radius 3 is 2.75 bits per heavy atom. The van der Waals surface area contributed by atoms with E-state index in [-0.39, 0.29) is 5.60 Å². The van der Waals surface area contributed by atoms with E-state index in [1.165, 1.54) is 0 Å². The highest BCUT2D eigenvalue weighted by atomic mass is 35.5. The van der Waals surface area contributed by atoms with Crippen molar-refractivity contribution in [3.8, 4) is 11.5 Å². The Labute approximate surface area is 148 Å². The van der Waals surface area contributed by atoms with Gasteiger partial charge in [-0.25, -0.2) is 0 Å². The monoisotopic (exact) mass is 355 g/mol. The summed E-state index contributed by atoms with van der Waals surface area (Å²) in [6.07, 6.45) is 0.852. The number of hydrogen-bond acceptors (Lipinski definition) is 4. The lowest BCUT2D eigenvalue weighted by Gasteiger charge is -2.24. The molecule has 0 aliphatic carbocycles. The molecule has 7 heteroatoms. The average Bonchev–Trinajstić information content (AvgIpc) is 2.81. The number of rotatable bonds is 5. The van der Waals surface area contributed by atoms with Crippen molar-refractivity contribution in [1.29, 1.82) is 0 Å². The lowest BCUT2D eigenvalue weighted by Crippen LogP contribution is -2.45. The minimum atomic E-state index is -0.268. The molecule has 134 valence electrons. The molecule has 0 spiro atoms. The maximum absolute atomic E-state index is 6.31. The molecule has 0 amide bonds. The number of hydrogen-bond donors (Lipinski definition) is 2. The predicted molar refractivity (Wildman–Crippen MR) is 96.3 cm³/mol. The van der Waals surface area contributed by atoms with Crippen LogP contribution in [0.15, 0.2) is 17.1 Å². The van der Waals surface area contributed by atoms with Crippen molar-refractivity contribution < 1.29 is 14.2 Å². The number of nitrogens with one attached hydrogen (secondary N) is 2. The van der Waals surface area contributed by atoms with Crippen LogP contribution >= 0.6 is 11.6 Å². The predicted octanol–water partition coefficient (Wildman–Crippen LogP) is 2.59. The Hall–Kier alpha value is -1.66. The van der Waals surface area contributed by atoms with Crippen molar-refractivity contribution in [2.75, 3.05) is 33.9 Å². The van der Waals surface area contributed by atoms with Gasteiger partial charge in [-0.15, -0.1) is 0 Å². The fraction of sp³-hybridized carbons (Fsp3) is 0.588. The van der Waals surface area contributed by atoms with E-state index in [0.29, 0.717) is 48.8 Å². The quantitative estimate of drug-likeness (QED) is 0.628. The van der Waals surface area contributed by atoms with Crippen molar-refractivity contribution in [2.24, 2.45) is 4.99 Å². The molecule has 0 unspecified atom stereocenters. The van der Waals surface area contributed by atoms with E-state index in [1.54, 1.807) is 14.2 Å². The minimum Gasteiger partial charge on any atom is -0.489 e. The van der Waals surface area contributed by atoms with Gasteiger partial charge >= 0.3 is 0 Å². The summed E-state index contributed by atoms with van der Waals surface area (Å²) in [6, 6.07) is 3.83. The topological polar surface area (TPSA) is 64.1 Å². The van der Waals surface area contributed by atoms with Crippen LogP contribution in [0.1, 0.15) is 25.8 Å². The second-order valence-electron chi connectivity index (χ2n) is 6.20. The maximum Gasteiger partial charge on any atom is 0.191 e. The van der Waals surface area contributed by atoms with E-state index in [0.717, 1.165) is 12.0 Å². The van der Waals surface area contributed by atoms with Crippen molar-refractivity contribution in [2.45, 2.75) is 32.4 Å². The lowest BCUT2D eigenvalue weighted by molar-refractivity contribution is 0.0268. The molecule has 0 aromatic heterocycles. The van der Waals surface area contributed by atoms with E-state index in [1.807, 2.05) is 26.0 Å². The third-order valence-corrected chi connectivity index (χ3v) is 4.06. The van der Waals surface area contributed by atoms with Crippen LogP contribution in [-0.4, -0.2) is 45.5 Å². The standard InChI is InChI=1S/C17H26ClN3O3/c1-17(2,22-4)11-21-16(19-3)20-10-12-8-13(18)15-14(9-12)23-6-5-7-24-15/h8-9H,5-7,10-11H2,1-4H3,(H2,19,20,21). The summed E-state index contributed by atoms with van der Waals surface area (Å²) in [7, 11) is 3.42.